The van der Waals surface area contributed by atoms with E-state index in [0.29, 0.717) is 0 Å². The molecule has 0 aromatic carbocycles. The van der Waals surface area contributed by atoms with Gasteiger partial charge in [0.25, 0.3) is 0 Å². The first-order chi connectivity index (χ1) is 13.1. The normalized spacial score (nSPS) is 23.7. The van der Waals surface area contributed by atoms with E-state index in [1.807, 2.05) is 0 Å². The van der Waals surface area contributed by atoms with Crippen molar-refractivity contribution in [1.29, 1.82) is 0 Å². The summed E-state index contributed by atoms with van der Waals surface area (Å²) < 4.78 is 39.0. The molecular formula is C19H38BF4FeP3Si2+. The maximum Gasteiger partial charge on any atom is 2.00 e. The predicted molar refractivity (Wildman–Crippen MR) is 139 cm³/mol. The third-order valence-electron chi connectivity index (χ3n) is 4.37. The van der Waals surface area contributed by atoms with Crippen molar-refractivity contribution < 1.29 is 34.3 Å². The molecule has 2 fully saturated rings. The first kappa shape index (κ1) is 33.9. The first-order valence-corrected chi connectivity index (χ1v) is 21.7. The van der Waals surface area contributed by atoms with Crippen LogP contribution in [-0.2, 0) is 17.1 Å². The molecule has 5 radical (unpaired) electrons. The smallest absolute Gasteiger partial charge is 0.418 e. The summed E-state index contributed by atoms with van der Waals surface area (Å²) in [5, 5.41) is 0. The van der Waals surface area contributed by atoms with Gasteiger partial charge in [0, 0.05) is 0 Å². The van der Waals surface area contributed by atoms with Crippen LogP contribution in [0.1, 0.15) is 0 Å². The fourth-order valence-corrected chi connectivity index (χ4v) is 11.1. The number of hydrogen-bond donors (Lipinski definition) is 0. The third kappa shape index (κ3) is 19.3. The van der Waals surface area contributed by atoms with Gasteiger partial charge in [0.1, 0.15) is 0 Å². The Morgan fingerprint density at radius 2 is 1.17 bits per heavy atom. The molecule has 0 N–H and O–H groups in total. The van der Waals surface area contributed by atoms with Crippen molar-refractivity contribution in [2.75, 3.05) is 37.0 Å². The van der Waals surface area contributed by atoms with Crippen LogP contribution in [0.5, 0.6) is 0 Å². The van der Waals surface area contributed by atoms with Crippen molar-refractivity contribution in [2.24, 2.45) is 0 Å². The van der Waals surface area contributed by atoms with Crippen molar-refractivity contribution >= 4 is 48.5 Å². The number of halogens is 4. The van der Waals surface area contributed by atoms with Crippen LogP contribution in [-0.4, -0.2) is 60.4 Å². The minimum absolute atomic E-state index is 0. The van der Waals surface area contributed by atoms with Crippen molar-refractivity contribution in [2.45, 2.75) is 39.3 Å². The van der Waals surface area contributed by atoms with E-state index in [1.165, 1.54) is 54.1 Å². The Morgan fingerprint density at radius 1 is 0.833 bits per heavy atom. The van der Waals surface area contributed by atoms with E-state index in [1.54, 1.807) is 11.1 Å². The Hall–Kier alpha value is 1.77. The largest absolute Gasteiger partial charge is 2.00 e. The van der Waals surface area contributed by atoms with E-state index in [4.69, 9.17) is 0 Å². The Kier molecular flexibility index (Phi) is 18.6. The van der Waals surface area contributed by atoms with E-state index in [2.05, 4.69) is 70.9 Å². The van der Waals surface area contributed by atoms with Gasteiger partial charge in [-0.1, -0.05) is 59.6 Å². The Labute approximate surface area is 201 Å². The fourth-order valence-electron chi connectivity index (χ4n) is 2.54. The predicted octanol–water partition coefficient (Wildman–Crippen LogP) is 7.80. The fraction of sp³-hybridized carbons (Fsp3) is 0.632. The minimum Gasteiger partial charge on any atom is -0.418 e. The molecule has 11 heteroatoms. The molecule has 1 aliphatic heterocycles. The molecule has 0 nitrogen and oxygen atoms in total. The molecule has 0 bridgehead atoms. The van der Waals surface area contributed by atoms with Gasteiger partial charge < -0.3 is 17.3 Å². The second-order valence-corrected chi connectivity index (χ2v) is 24.7. The van der Waals surface area contributed by atoms with E-state index in [-0.39, 0.29) is 25.0 Å². The average molecular weight is 558 g/mol. The molecule has 175 valence electrons. The topological polar surface area (TPSA) is 0 Å². The molecular weight excluding hydrogens is 520 g/mol. The van der Waals surface area contributed by atoms with Gasteiger partial charge in [-0.15, -0.1) is 17.2 Å². The molecule has 1 saturated heterocycles. The molecule has 1 saturated carbocycles. The summed E-state index contributed by atoms with van der Waals surface area (Å²) in [5.74, 6) is 2.23. The van der Waals surface area contributed by atoms with E-state index >= 15 is 0 Å². The quantitative estimate of drug-likeness (QED) is 0.189. The van der Waals surface area contributed by atoms with Crippen LogP contribution in [0, 0.1) is 30.3 Å². The third-order valence-corrected chi connectivity index (χ3v) is 14.3. The number of hydrogen-bond acceptors (Lipinski definition) is 0. The Balaban J connectivity index is 0. The average Bonchev–Trinajstić information content (AvgIpc) is 3.08. The standard InChI is InChI=1S/C11H21Si2.C8H17P3.BF4.Fe/c1-12(2,3)10-7-8-11(9-10)13(4,5)6;1-2-11-7-5-9-3-4-10-6-8-11;2-1(3,4)5;/h7-9H,1-6H3;2,9-10H,1,3-8H2;;/q;;-1;+2. The van der Waals surface area contributed by atoms with Gasteiger partial charge in [0.2, 0.25) is 0 Å². The minimum atomic E-state index is -6.00. The maximum atomic E-state index is 9.75. The summed E-state index contributed by atoms with van der Waals surface area (Å²) >= 11 is 0. The zero-order chi connectivity index (χ0) is 22.7. The van der Waals surface area contributed by atoms with Crippen LogP contribution < -0.4 is 0 Å². The first-order valence-electron chi connectivity index (χ1n) is 10.1. The summed E-state index contributed by atoms with van der Waals surface area (Å²) in [6.07, 6.45) is 16.1. The SMILES string of the molecule is C=CP1CCPCCPCC1.C[Si](C)(C)[C]1[CH][CH][C]([Si](C)(C)C)[CH]1.F[B-](F)(F)F.[Fe+2]. The molecule has 0 amide bonds. The molecule has 0 aromatic rings. The van der Waals surface area contributed by atoms with Crippen LogP contribution in [0.4, 0.5) is 17.3 Å². The zero-order valence-corrected chi connectivity index (χ0v) is 25.1. The maximum absolute atomic E-state index is 9.75. The Morgan fingerprint density at radius 3 is 1.40 bits per heavy atom. The Bertz CT molecular complexity index is 425. The molecule has 2 rings (SSSR count). The van der Waals surface area contributed by atoms with Gasteiger partial charge in [-0.25, -0.2) is 0 Å². The van der Waals surface area contributed by atoms with Crippen LogP contribution in [0.3, 0.4) is 0 Å². The molecule has 30 heavy (non-hydrogen) atoms. The summed E-state index contributed by atoms with van der Waals surface area (Å²) in [4.78, 5) is 0. The van der Waals surface area contributed by atoms with Gasteiger partial charge >= 0.3 is 24.3 Å². The second kappa shape index (κ2) is 16.4. The van der Waals surface area contributed by atoms with E-state index in [9.17, 15) is 17.3 Å². The van der Waals surface area contributed by atoms with Crippen molar-refractivity contribution in [3.8, 4) is 0 Å². The molecule has 2 aliphatic rings. The number of rotatable bonds is 3. The van der Waals surface area contributed by atoms with Gasteiger partial charge in [0.15, 0.2) is 0 Å². The monoisotopic (exact) mass is 558 g/mol. The molecule has 0 aromatic heterocycles. The summed E-state index contributed by atoms with van der Waals surface area (Å²) in [5.41, 5.74) is 3.23. The van der Waals surface area contributed by atoms with Crippen LogP contribution in [0.25, 0.3) is 0 Å². The molecule has 1 aliphatic carbocycles. The van der Waals surface area contributed by atoms with Crippen LogP contribution >= 0.6 is 25.1 Å². The second-order valence-electron chi connectivity index (χ2n) is 9.10. The summed E-state index contributed by atoms with van der Waals surface area (Å²) in [6.45, 7) is 18.4. The van der Waals surface area contributed by atoms with E-state index in [0.717, 1.165) is 0 Å². The van der Waals surface area contributed by atoms with Gasteiger partial charge in [-0.2, -0.15) is 0 Å². The van der Waals surface area contributed by atoms with Crippen molar-refractivity contribution in [1.82, 2.24) is 0 Å². The van der Waals surface area contributed by atoms with Crippen molar-refractivity contribution in [3.63, 3.8) is 0 Å². The van der Waals surface area contributed by atoms with Crippen LogP contribution in [0.2, 0.25) is 39.3 Å². The van der Waals surface area contributed by atoms with Crippen LogP contribution in [0.15, 0.2) is 12.4 Å². The molecule has 2 atom stereocenters. The molecule has 1 heterocycles. The molecule has 2 unspecified atom stereocenters. The summed E-state index contributed by atoms with van der Waals surface area (Å²) in [6, 6.07) is 0. The van der Waals surface area contributed by atoms with Crippen molar-refractivity contribution in [3.05, 3.63) is 42.7 Å². The molecule has 0 spiro atoms. The summed E-state index contributed by atoms with van der Waals surface area (Å²) in [7, 11) is -5.39. The zero-order valence-electron chi connectivity index (χ0n) is 19.1. The van der Waals surface area contributed by atoms with Gasteiger partial charge in [-0.3, -0.25) is 0 Å². The van der Waals surface area contributed by atoms with Gasteiger partial charge in [-0.05, 0) is 67.3 Å². The van der Waals surface area contributed by atoms with Gasteiger partial charge in [0.05, 0.1) is 16.1 Å². The van der Waals surface area contributed by atoms with E-state index < -0.39 is 23.4 Å².